The number of aromatic nitrogens is 2. The molecule has 0 saturated heterocycles. The van der Waals surface area contributed by atoms with Crippen LogP contribution in [0.15, 0.2) is 41.1 Å². The van der Waals surface area contributed by atoms with Gasteiger partial charge in [0.25, 0.3) is 0 Å². The molecule has 6 heteroatoms. The zero-order valence-corrected chi connectivity index (χ0v) is 13.0. The van der Waals surface area contributed by atoms with Crippen molar-refractivity contribution in [3.8, 4) is 0 Å². The SMILES string of the molecule is CNC(C(=O)NCc1ccccc1Br)c1cnn(C)c1. The molecule has 1 atom stereocenters. The first-order valence-electron chi connectivity index (χ1n) is 6.28. The van der Waals surface area contributed by atoms with E-state index >= 15 is 0 Å². The van der Waals surface area contributed by atoms with Gasteiger partial charge in [-0.3, -0.25) is 9.48 Å². The molecule has 1 aromatic heterocycles. The molecule has 0 fully saturated rings. The first kappa shape index (κ1) is 14.7. The van der Waals surface area contributed by atoms with Crippen molar-refractivity contribution in [1.29, 1.82) is 0 Å². The normalized spacial score (nSPS) is 12.2. The summed E-state index contributed by atoms with van der Waals surface area (Å²) < 4.78 is 2.67. The Morgan fingerprint density at radius 3 is 2.80 bits per heavy atom. The van der Waals surface area contributed by atoms with Crippen molar-refractivity contribution in [2.24, 2.45) is 7.05 Å². The number of aryl methyl sites for hydroxylation is 1. The minimum atomic E-state index is -0.397. The van der Waals surface area contributed by atoms with Crippen molar-refractivity contribution >= 4 is 21.8 Å². The summed E-state index contributed by atoms with van der Waals surface area (Å²) in [6, 6.07) is 7.43. The molecule has 2 rings (SSSR count). The van der Waals surface area contributed by atoms with Gasteiger partial charge in [-0.05, 0) is 18.7 Å². The summed E-state index contributed by atoms with van der Waals surface area (Å²) in [5.41, 5.74) is 1.89. The molecule has 5 nitrogen and oxygen atoms in total. The van der Waals surface area contributed by atoms with Crippen LogP contribution in [0.3, 0.4) is 0 Å². The smallest absolute Gasteiger partial charge is 0.242 e. The summed E-state index contributed by atoms with van der Waals surface area (Å²) in [5.74, 6) is -0.0729. The van der Waals surface area contributed by atoms with Crippen molar-refractivity contribution in [3.05, 3.63) is 52.3 Å². The van der Waals surface area contributed by atoms with Gasteiger partial charge in [-0.1, -0.05) is 34.1 Å². The van der Waals surface area contributed by atoms with Crippen LogP contribution in [0.4, 0.5) is 0 Å². The minimum absolute atomic E-state index is 0.0729. The Morgan fingerprint density at radius 1 is 1.45 bits per heavy atom. The topological polar surface area (TPSA) is 59.0 Å². The average Bonchev–Trinajstić information content (AvgIpc) is 2.85. The molecule has 106 valence electrons. The molecule has 1 amide bonds. The molecule has 0 bridgehead atoms. The predicted octanol–water partition coefficient (Wildman–Crippen LogP) is 1.76. The number of carbonyl (C=O) groups excluding carboxylic acids is 1. The van der Waals surface area contributed by atoms with Gasteiger partial charge in [0.1, 0.15) is 6.04 Å². The molecular weight excluding hydrogens is 320 g/mol. The van der Waals surface area contributed by atoms with Gasteiger partial charge >= 0.3 is 0 Å². The number of rotatable bonds is 5. The zero-order chi connectivity index (χ0) is 14.5. The van der Waals surface area contributed by atoms with E-state index in [1.165, 1.54) is 0 Å². The molecule has 1 heterocycles. The van der Waals surface area contributed by atoms with E-state index in [4.69, 9.17) is 0 Å². The molecule has 0 aliphatic rings. The van der Waals surface area contributed by atoms with Crippen LogP contribution in [0.25, 0.3) is 0 Å². The maximum atomic E-state index is 12.2. The molecule has 20 heavy (non-hydrogen) atoms. The Balaban J connectivity index is 2.02. The lowest BCUT2D eigenvalue weighted by Gasteiger charge is -2.15. The van der Waals surface area contributed by atoms with E-state index in [0.29, 0.717) is 6.54 Å². The van der Waals surface area contributed by atoms with Crippen LogP contribution in [0.2, 0.25) is 0 Å². The van der Waals surface area contributed by atoms with Gasteiger partial charge in [-0.2, -0.15) is 5.10 Å². The third-order valence-electron chi connectivity index (χ3n) is 3.02. The predicted molar refractivity (Wildman–Crippen MR) is 81.0 cm³/mol. The van der Waals surface area contributed by atoms with Crippen molar-refractivity contribution in [2.45, 2.75) is 12.6 Å². The highest BCUT2D eigenvalue weighted by molar-refractivity contribution is 9.10. The van der Waals surface area contributed by atoms with Crippen LogP contribution in [0.1, 0.15) is 17.2 Å². The molecule has 0 aliphatic carbocycles. The maximum Gasteiger partial charge on any atom is 0.242 e. The van der Waals surface area contributed by atoms with Crippen molar-refractivity contribution < 1.29 is 4.79 Å². The first-order valence-corrected chi connectivity index (χ1v) is 7.08. The highest BCUT2D eigenvalue weighted by atomic mass is 79.9. The van der Waals surface area contributed by atoms with Crippen LogP contribution in [-0.2, 0) is 18.4 Å². The van der Waals surface area contributed by atoms with E-state index in [1.807, 2.05) is 37.5 Å². The number of hydrogen-bond donors (Lipinski definition) is 2. The maximum absolute atomic E-state index is 12.2. The summed E-state index contributed by atoms with van der Waals surface area (Å²) in [6.45, 7) is 0.485. The van der Waals surface area contributed by atoms with Crippen LogP contribution in [-0.4, -0.2) is 22.7 Å². The molecular formula is C14H17BrN4O. The quantitative estimate of drug-likeness (QED) is 0.874. The van der Waals surface area contributed by atoms with E-state index in [2.05, 4.69) is 31.7 Å². The van der Waals surface area contributed by atoms with Gasteiger partial charge in [0.05, 0.1) is 6.20 Å². The summed E-state index contributed by atoms with van der Waals surface area (Å²) in [4.78, 5) is 12.2. The Morgan fingerprint density at radius 2 is 2.20 bits per heavy atom. The van der Waals surface area contributed by atoms with Crippen molar-refractivity contribution in [3.63, 3.8) is 0 Å². The first-order chi connectivity index (χ1) is 9.61. The Hall–Kier alpha value is -1.66. The highest BCUT2D eigenvalue weighted by Gasteiger charge is 2.19. The Bertz CT molecular complexity index is 596. The van der Waals surface area contributed by atoms with E-state index in [-0.39, 0.29) is 5.91 Å². The van der Waals surface area contributed by atoms with Crippen LogP contribution < -0.4 is 10.6 Å². The molecule has 0 saturated carbocycles. The summed E-state index contributed by atoms with van der Waals surface area (Å²) >= 11 is 3.47. The molecule has 2 aromatic rings. The third kappa shape index (κ3) is 3.46. The van der Waals surface area contributed by atoms with Crippen LogP contribution >= 0.6 is 15.9 Å². The standard InChI is InChI=1S/C14H17BrN4O/c1-16-13(11-8-18-19(2)9-11)14(20)17-7-10-5-3-4-6-12(10)15/h3-6,8-9,13,16H,7H2,1-2H3,(H,17,20). The van der Waals surface area contributed by atoms with Gasteiger partial charge in [-0.15, -0.1) is 0 Å². The van der Waals surface area contributed by atoms with E-state index in [0.717, 1.165) is 15.6 Å². The largest absolute Gasteiger partial charge is 0.350 e. The summed E-state index contributed by atoms with van der Waals surface area (Å²) in [6.07, 6.45) is 3.53. The lowest BCUT2D eigenvalue weighted by Crippen LogP contribution is -2.35. The summed E-state index contributed by atoms with van der Waals surface area (Å²) in [5, 5.41) is 10.0. The number of amides is 1. The van der Waals surface area contributed by atoms with Crippen molar-refractivity contribution in [1.82, 2.24) is 20.4 Å². The second kappa shape index (κ2) is 6.67. The Kier molecular flexibility index (Phi) is 4.92. The zero-order valence-electron chi connectivity index (χ0n) is 11.4. The van der Waals surface area contributed by atoms with E-state index < -0.39 is 6.04 Å². The van der Waals surface area contributed by atoms with Gasteiger partial charge in [-0.25, -0.2) is 0 Å². The second-order valence-electron chi connectivity index (χ2n) is 4.48. The number of halogens is 1. The molecule has 0 aliphatic heterocycles. The fourth-order valence-electron chi connectivity index (χ4n) is 1.96. The van der Waals surface area contributed by atoms with Gasteiger partial charge < -0.3 is 10.6 Å². The number of nitrogens with zero attached hydrogens (tertiary/aromatic N) is 2. The summed E-state index contributed by atoms with van der Waals surface area (Å²) in [7, 11) is 3.59. The minimum Gasteiger partial charge on any atom is -0.350 e. The van der Waals surface area contributed by atoms with Gasteiger partial charge in [0.15, 0.2) is 0 Å². The fraction of sp³-hybridized carbons (Fsp3) is 0.286. The number of benzene rings is 1. The number of carbonyl (C=O) groups is 1. The molecule has 2 N–H and O–H groups in total. The second-order valence-corrected chi connectivity index (χ2v) is 5.33. The number of nitrogens with one attached hydrogen (secondary N) is 2. The fourth-order valence-corrected chi connectivity index (χ4v) is 2.39. The Labute approximate surface area is 126 Å². The molecule has 1 unspecified atom stereocenters. The third-order valence-corrected chi connectivity index (χ3v) is 3.79. The van der Waals surface area contributed by atoms with E-state index in [9.17, 15) is 4.79 Å². The number of hydrogen-bond acceptors (Lipinski definition) is 3. The number of likely N-dealkylation sites (N-methyl/N-ethyl adjacent to an activating group) is 1. The van der Waals surface area contributed by atoms with Crippen LogP contribution in [0.5, 0.6) is 0 Å². The average molecular weight is 337 g/mol. The molecule has 1 aromatic carbocycles. The van der Waals surface area contributed by atoms with Gasteiger partial charge in [0, 0.05) is 29.8 Å². The van der Waals surface area contributed by atoms with Crippen LogP contribution in [0, 0.1) is 0 Å². The lowest BCUT2D eigenvalue weighted by atomic mass is 10.1. The van der Waals surface area contributed by atoms with Gasteiger partial charge in [0.2, 0.25) is 5.91 Å². The van der Waals surface area contributed by atoms with E-state index in [1.54, 1.807) is 17.9 Å². The highest BCUT2D eigenvalue weighted by Crippen LogP contribution is 2.16. The molecule has 0 spiro atoms. The monoisotopic (exact) mass is 336 g/mol. The molecule has 0 radical (unpaired) electrons. The lowest BCUT2D eigenvalue weighted by molar-refractivity contribution is -0.123. The van der Waals surface area contributed by atoms with Crippen molar-refractivity contribution in [2.75, 3.05) is 7.05 Å².